The number of hydrogen-bond acceptors (Lipinski definition) is 4. The molecule has 1 atom stereocenters. The summed E-state index contributed by atoms with van der Waals surface area (Å²) < 4.78 is 4.78. The lowest BCUT2D eigenvalue weighted by Crippen LogP contribution is -2.72. The normalized spacial score (nSPS) is 23.9. The molecular formula is C16H25N3O4. The second-order valence-corrected chi connectivity index (χ2v) is 6.61. The standard InChI is InChI=1S/C16H25N3O4/c1-5-23-15(22)18-8-6-16(7-9-18)14(21)17-12(4)13(20)19(16)10-11(2)3/h5,11-12H,1,6-10H2,2-4H3,(H,17,21)/t12-/m0/s1. The third-order valence-electron chi connectivity index (χ3n) is 4.50. The Morgan fingerprint density at radius 2 is 2.04 bits per heavy atom. The summed E-state index contributed by atoms with van der Waals surface area (Å²) >= 11 is 0. The highest BCUT2D eigenvalue weighted by Gasteiger charge is 2.53. The number of ether oxygens (including phenoxy) is 1. The van der Waals surface area contributed by atoms with Gasteiger partial charge in [0, 0.05) is 19.6 Å². The van der Waals surface area contributed by atoms with Gasteiger partial charge in [-0.1, -0.05) is 20.4 Å². The number of carbonyl (C=O) groups is 3. The van der Waals surface area contributed by atoms with Crippen LogP contribution in [0.4, 0.5) is 4.79 Å². The van der Waals surface area contributed by atoms with Crippen LogP contribution in [-0.4, -0.2) is 58.9 Å². The van der Waals surface area contributed by atoms with Crippen molar-refractivity contribution in [1.82, 2.24) is 15.1 Å². The molecule has 0 aromatic carbocycles. The highest BCUT2D eigenvalue weighted by atomic mass is 16.5. The van der Waals surface area contributed by atoms with Gasteiger partial charge in [-0.15, -0.1) is 0 Å². The van der Waals surface area contributed by atoms with Gasteiger partial charge >= 0.3 is 6.09 Å². The van der Waals surface area contributed by atoms with Gasteiger partial charge in [0.25, 0.3) is 0 Å². The number of likely N-dealkylation sites (tertiary alicyclic amines) is 1. The molecule has 0 unspecified atom stereocenters. The minimum Gasteiger partial charge on any atom is -0.419 e. The Balaban J connectivity index is 2.20. The maximum Gasteiger partial charge on any atom is 0.414 e. The van der Waals surface area contributed by atoms with Crippen LogP contribution >= 0.6 is 0 Å². The monoisotopic (exact) mass is 323 g/mol. The molecule has 2 aliphatic heterocycles. The minimum atomic E-state index is -0.862. The van der Waals surface area contributed by atoms with Gasteiger partial charge in [-0.25, -0.2) is 4.79 Å². The molecule has 0 aliphatic carbocycles. The largest absolute Gasteiger partial charge is 0.419 e. The van der Waals surface area contributed by atoms with E-state index in [0.29, 0.717) is 32.5 Å². The van der Waals surface area contributed by atoms with Gasteiger partial charge in [-0.2, -0.15) is 0 Å². The first-order chi connectivity index (χ1) is 10.8. The number of piperazine rings is 1. The molecule has 7 nitrogen and oxygen atoms in total. The van der Waals surface area contributed by atoms with Crippen LogP contribution < -0.4 is 5.32 Å². The van der Waals surface area contributed by atoms with Crippen molar-refractivity contribution in [2.45, 2.75) is 45.2 Å². The number of hydrogen-bond donors (Lipinski definition) is 1. The zero-order valence-corrected chi connectivity index (χ0v) is 14.0. The van der Waals surface area contributed by atoms with E-state index in [4.69, 9.17) is 4.74 Å². The SMILES string of the molecule is C=COC(=O)N1CCC2(CC1)C(=O)N[C@@H](C)C(=O)N2CC(C)C. The van der Waals surface area contributed by atoms with Gasteiger partial charge < -0.3 is 19.9 Å². The van der Waals surface area contributed by atoms with Crippen LogP contribution in [0.5, 0.6) is 0 Å². The van der Waals surface area contributed by atoms with E-state index in [-0.39, 0.29) is 17.7 Å². The van der Waals surface area contributed by atoms with Gasteiger partial charge in [0.05, 0.1) is 6.26 Å². The smallest absolute Gasteiger partial charge is 0.414 e. The van der Waals surface area contributed by atoms with Crippen LogP contribution in [0.15, 0.2) is 12.8 Å². The summed E-state index contributed by atoms with van der Waals surface area (Å²) in [4.78, 5) is 40.3. The average molecular weight is 323 g/mol. The molecule has 0 bridgehead atoms. The first-order valence-corrected chi connectivity index (χ1v) is 8.00. The Kier molecular flexibility index (Phi) is 4.97. The molecule has 0 radical (unpaired) electrons. The van der Waals surface area contributed by atoms with Crippen molar-refractivity contribution in [3.05, 3.63) is 12.8 Å². The Morgan fingerprint density at radius 1 is 1.43 bits per heavy atom. The molecule has 0 aromatic rings. The summed E-state index contributed by atoms with van der Waals surface area (Å²) in [7, 11) is 0. The van der Waals surface area contributed by atoms with E-state index in [2.05, 4.69) is 11.9 Å². The number of amides is 3. The first-order valence-electron chi connectivity index (χ1n) is 8.00. The second-order valence-electron chi connectivity index (χ2n) is 6.61. The summed E-state index contributed by atoms with van der Waals surface area (Å²) in [5.74, 6) is 0.0834. The highest BCUT2D eigenvalue weighted by Crippen LogP contribution is 2.33. The van der Waals surface area contributed by atoms with Gasteiger partial charge in [0.2, 0.25) is 11.8 Å². The van der Waals surface area contributed by atoms with E-state index in [1.807, 2.05) is 13.8 Å². The van der Waals surface area contributed by atoms with E-state index in [1.54, 1.807) is 11.8 Å². The molecule has 0 saturated carbocycles. The van der Waals surface area contributed by atoms with E-state index >= 15 is 0 Å². The molecule has 23 heavy (non-hydrogen) atoms. The zero-order chi connectivity index (χ0) is 17.2. The van der Waals surface area contributed by atoms with Gasteiger partial charge in [-0.05, 0) is 25.7 Å². The molecule has 2 heterocycles. The molecule has 128 valence electrons. The summed E-state index contributed by atoms with van der Waals surface area (Å²) in [5.41, 5.74) is -0.862. The zero-order valence-electron chi connectivity index (χ0n) is 14.0. The van der Waals surface area contributed by atoms with E-state index in [9.17, 15) is 14.4 Å². The maximum absolute atomic E-state index is 12.7. The first kappa shape index (κ1) is 17.3. The van der Waals surface area contributed by atoms with Gasteiger partial charge in [-0.3, -0.25) is 9.59 Å². The molecular weight excluding hydrogens is 298 g/mol. The van der Waals surface area contributed by atoms with Crippen LogP contribution in [0.1, 0.15) is 33.6 Å². The lowest BCUT2D eigenvalue weighted by molar-refractivity contribution is -0.161. The molecule has 1 spiro atoms. The fourth-order valence-electron chi connectivity index (χ4n) is 3.29. The molecule has 0 aromatic heterocycles. The number of nitrogens with zero attached hydrogens (tertiary/aromatic N) is 2. The Morgan fingerprint density at radius 3 is 2.57 bits per heavy atom. The number of nitrogens with one attached hydrogen (secondary N) is 1. The third kappa shape index (κ3) is 3.18. The summed E-state index contributed by atoms with van der Waals surface area (Å²) in [5, 5.41) is 2.78. The third-order valence-corrected chi connectivity index (χ3v) is 4.50. The molecule has 2 rings (SSSR count). The van der Waals surface area contributed by atoms with Crippen LogP contribution in [-0.2, 0) is 14.3 Å². The van der Waals surface area contributed by atoms with Crippen LogP contribution in [0.2, 0.25) is 0 Å². The van der Waals surface area contributed by atoms with Crippen LogP contribution in [0, 0.1) is 5.92 Å². The fourth-order valence-corrected chi connectivity index (χ4v) is 3.29. The predicted molar refractivity (Wildman–Crippen MR) is 84.4 cm³/mol. The van der Waals surface area contributed by atoms with E-state index in [0.717, 1.165) is 6.26 Å². The molecule has 7 heteroatoms. The Hall–Kier alpha value is -2.05. The van der Waals surface area contributed by atoms with Crippen molar-refractivity contribution in [2.24, 2.45) is 5.92 Å². The summed E-state index contributed by atoms with van der Waals surface area (Å²) in [6, 6.07) is -0.504. The van der Waals surface area contributed by atoms with Crippen molar-refractivity contribution in [3.63, 3.8) is 0 Å². The van der Waals surface area contributed by atoms with Crippen molar-refractivity contribution in [1.29, 1.82) is 0 Å². The topological polar surface area (TPSA) is 79.0 Å². The minimum absolute atomic E-state index is 0.0552. The Bertz CT molecular complexity index is 509. The quantitative estimate of drug-likeness (QED) is 0.789. The lowest BCUT2D eigenvalue weighted by Gasteiger charge is -2.51. The fraction of sp³-hybridized carbons (Fsp3) is 0.688. The Labute approximate surface area is 136 Å². The molecule has 2 aliphatic rings. The van der Waals surface area contributed by atoms with Gasteiger partial charge in [0.1, 0.15) is 11.6 Å². The van der Waals surface area contributed by atoms with E-state index in [1.165, 1.54) is 4.90 Å². The van der Waals surface area contributed by atoms with Gasteiger partial charge in [0.15, 0.2) is 0 Å². The number of piperidine rings is 1. The molecule has 3 amide bonds. The predicted octanol–water partition coefficient (Wildman–Crippen LogP) is 1.10. The summed E-state index contributed by atoms with van der Waals surface area (Å²) in [6.45, 7) is 10.4. The van der Waals surface area contributed by atoms with Crippen molar-refractivity contribution in [2.75, 3.05) is 19.6 Å². The number of rotatable bonds is 3. The second kappa shape index (κ2) is 6.60. The molecule has 2 saturated heterocycles. The van der Waals surface area contributed by atoms with Crippen molar-refractivity contribution >= 4 is 17.9 Å². The van der Waals surface area contributed by atoms with Crippen molar-refractivity contribution in [3.8, 4) is 0 Å². The average Bonchev–Trinajstić information content (AvgIpc) is 2.50. The summed E-state index contributed by atoms with van der Waals surface area (Å²) in [6.07, 6.45) is 1.45. The van der Waals surface area contributed by atoms with E-state index < -0.39 is 17.7 Å². The maximum atomic E-state index is 12.7. The van der Waals surface area contributed by atoms with Crippen molar-refractivity contribution < 1.29 is 19.1 Å². The molecule has 2 fully saturated rings. The highest BCUT2D eigenvalue weighted by molar-refractivity contribution is 5.99. The number of carbonyl (C=O) groups excluding carboxylic acids is 3. The lowest BCUT2D eigenvalue weighted by atomic mass is 9.81. The van der Waals surface area contributed by atoms with Crippen LogP contribution in [0.3, 0.4) is 0 Å². The molecule has 1 N–H and O–H groups in total. The van der Waals surface area contributed by atoms with Crippen LogP contribution in [0.25, 0.3) is 0 Å².